The molecule has 2 heterocycles. The van der Waals surface area contributed by atoms with Gasteiger partial charge < -0.3 is 23.9 Å². The number of halogens is 1. The second-order valence-corrected chi connectivity index (χ2v) is 10.8. The van der Waals surface area contributed by atoms with Crippen LogP contribution in [0.15, 0.2) is 120 Å². The average Bonchev–Trinajstić information content (AvgIpc) is 3.49. The van der Waals surface area contributed by atoms with Crippen LogP contribution in [-0.2, 0) is 18.9 Å². The molecular formula is C34H25BrN2O7. The van der Waals surface area contributed by atoms with E-state index in [0.29, 0.717) is 28.0 Å². The van der Waals surface area contributed by atoms with E-state index in [-0.39, 0.29) is 12.4 Å². The minimum atomic E-state index is -1.18. The summed E-state index contributed by atoms with van der Waals surface area (Å²) in [6, 6.07) is 30.9. The van der Waals surface area contributed by atoms with E-state index >= 15 is 0 Å². The van der Waals surface area contributed by atoms with Gasteiger partial charge in [0.05, 0.1) is 27.7 Å². The SMILES string of the molecule is O=C(OC[C@H]1OC(c2nc3ccc(Br)cc3[nH]2)=C[C@@H](OC(=O)c2ccccc2)[C@@H]1OC(=O)c1ccccc1)c1ccccc1. The van der Waals surface area contributed by atoms with E-state index < -0.39 is 36.2 Å². The topological polar surface area (TPSA) is 117 Å². The first kappa shape index (κ1) is 28.9. The van der Waals surface area contributed by atoms with Crippen LogP contribution in [-0.4, -0.2) is 52.8 Å². The highest BCUT2D eigenvalue weighted by Gasteiger charge is 2.42. The largest absolute Gasteiger partial charge is 0.479 e. The van der Waals surface area contributed by atoms with Crippen molar-refractivity contribution in [2.24, 2.45) is 0 Å². The number of imidazole rings is 1. The third-order valence-electron chi connectivity index (χ3n) is 6.85. The predicted octanol–water partition coefficient (Wildman–Crippen LogP) is 6.37. The molecule has 5 aromatic rings. The molecule has 0 spiro atoms. The first-order valence-corrected chi connectivity index (χ1v) is 14.5. The lowest BCUT2D eigenvalue weighted by atomic mass is 10.0. The van der Waals surface area contributed by atoms with E-state index in [1.165, 1.54) is 6.08 Å². The fourth-order valence-corrected chi connectivity index (χ4v) is 5.04. The number of carbonyl (C=O) groups excluding carboxylic acids is 3. The molecular weight excluding hydrogens is 628 g/mol. The summed E-state index contributed by atoms with van der Waals surface area (Å²) in [5, 5.41) is 0. The fourth-order valence-electron chi connectivity index (χ4n) is 4.68. The summed E-state index contributed by atoms with van der Waals surface area (Å²) in [7, 11) is 0. The van der Waals surface area contributed by atoms with Crippen molar-refractivity contribution in [1.82, 2.24) is 9.97 Å². The lowest BCUT2D eigenvalue weighted by molar-refractivity contribution is -0.0920. The van der Waals surface area contributed by atoms with E-state index in [9.17, 15) is 14.4 Å². The summed E-state index contributed by atoms with van der Waals surface area (Å²) in [5.41, 5.74) is 2.35. The van der Waals surface area contributed by atoms with Gasteiger partial charge in [0.2, 0.25) is 0 Å². The second kappa shape index (κ2) is 13.0. The Morgan fingerprint density at radius 1 is 0.750 bits per heavy atom. The van der Waals surface area contributed by atoms with Crippen LogP contribution in [0, 0.1) is 0 Å². The van der Waals surface area contributed by atoms with Crippen molar-refractivity contribution in [3.8, 4) is 0 Å². The Morgan fingerprint density at radius 2 is 1.32 bits per heavy atom. The first-order valence-electron chi connectivity index (χ1n) is 13.7. The third-order valence-corrected chi connectivity index (χ3v) is 7.35. The maximum absolute atomic E-state index is 13.3. The van der Waals surface area contributed by atoms with Crippen LogP contribution in [0.1, 0.15) is 36.9 Å². The molecule has 0 radical (unpaired) electrons. The molecule has 0 amide bonds. The van der Waals surface area contributed by atoms with Crippen LogP contribution in [0.5, 0.6) is 0 Å². The second-order valence-electron chi connectivity index (χ2n) is 9.87. The van der Waals surface area contributed by atoms with Crippen LogP contribution < -0.4 is 0 Å². The Hall–Kier alpha value is -5.22. The summed E-state index contributed by atoms with van der Waals surface area (Å²) in [6.07, 6.45) is -1.84. The average molecular weight is 653 g/mol. The van der Waals surface area contributed by atoms with Gasteiger partial charge >= 0.3 is 17.9 Å². The Labute approximate surface area is 260 Å². The zero-order chi connectivity index (χ0) is 30.5. The molecule has 220 valence electrons. The van der Waals surface area contributed by atoms with Gasteiger partial charge in [-0.2, -0.15) is 0 Å². The van der Waals surface area contributed by atoms with E-state index in [2.05, 4.69) is 25.9 Å². The minimum absolute atomic E-state index is 0.232. The number of ether oxygens (including phenoxy) is 4. The van der Waals surface area contributed by atoms with E-state index in [1.807, 2.05) is 18.2 Å². The van der Waals surface area contributed by atoms with Crippen molar-refractivity contribution in [1.29, 1.82) is 0 Å². The maximum Gasteiger partial charge on any atom is 0.338 e. The van der Waals surface area contributed by atoms with Crippen LogP contribution in [0.2, 0.25) is 0 Å². The summed E-state index contributed by atoms with van der Waals surface area (Å²) in [4.78, 5) is 47.2. The Kier molecular flexibility index (Phi) is 8.51. The van der Waals surface area contributed by atoms with E-state index in [1.54, 1.807) is 91.0 Å². The molecule has 6 rings (SSSR count). The van der Waals surface area contributed by atoms with Crippen molar-refractivity contribution in [2.45, 2.75) is 18.3 Å². The number of nitrogens with zero attached hydrogens (tertiary/aromatic N) is 1. The standard InChI is InChI=1S/C34H25BrN2O7/c35-24-16-17-25-26(18-24)37-31(36-25)28-19-27(43-33(39)22-12-6-2-7-13-22)30(44-34(40)23-14-8-3-9-15-23)29(42-28)20-41-32(38)21-10-4-1-5-11-21/h1-19,27,29-30H,20H2,(H,36,37)/t27-,29-,30+/m1/s1. The number of nitrogens with one attached hydrogen (secondary N) is 1. The lowest BCUT2D eigenvalue weighted by Gasteiger charge is -2.35. The summed E-state index contributed by atoms with van der Waals surface area (Å²) < 4.78 is 24.6. The smallest absolute Gasteiger partial charge is 0.338 e. The molecule has 0 saturated carbocycles. The lowest BCUT2D eigenvalue weighted by Crippen LogP contribution is -2.49. The van der Waals surface area contributed by atoms with Crippen molar-refractivity contribution in [2.75, 3.05) is 6.61 Å². The molecule has 3 atom stereocenters. The van der Waals surface area contributed by atoms with Gasteiger partial charge in [0.25, 0.3) is 0 Å². The summed E-state index contributed by atoms with van der Waals surface area (Å²) in [6.45, 7) is -0.317. The number of H-pyrrole nitrogens is 1. The zero-order valence-corrected chi connectivity index (χ0v) is 24.7. The molecule has 0 aliphatic carbocycles. The highest BCUT2D eigenvalue weighted by molar-refractivity contribution is 9.10. The number of rotatable bonds is 8. The molecule has 1 aliphatic heterocycles. The van der Waals surface area contributed by atoms with Gasteiger partial charge in [0.1, 0.15) is 6.61 Å². The van der Waals surface area contributed by atoms with Crippen LogP contribution in [0.4, 0.5) is 0 Å². The molecule has 4 aromatic carbocycles. The summed E-state index contributed by atoms with van der Waals surface area (Å²) in [5.74, 6) is -1.31. The van der Waals surface area contributed by atoms with Gasteiger partial charge in [-0.1, -0.05) is 70.5 Å². The minimum Gasteiger partial charge on any atom is -0.479 e. The number of carbonyl (C=O) groups is 3. The highest BCUT2D eigenvalue weighted by atomic mass is 79.9. The number of hydrogen-bond donors (Lipinski definition) is 1. The monoisotopic (exact) mass is 652 g/mol. The quantitative estimate of drug-likeness (QED) is 0.152. The molecule has 1 aliphatic rings. The zero-order valence-electron chi connectivity index (χ0n) is 23.1. The molecule has 9 nitrogen and oxygen atoms in total. The molecule has 0 saturated heterocycles. The Bertz CT molecular complexity index is 1820. The molecule has 0 unspecified atom stereocenters. The van der Waals surface area contributed by atoms with Gasteiger partial charge in [-0.3, -0.25) is 0 Å². The molecule has 0 fully saturated rings. The van der Waals surface area contributed by atoms with Crippen molar-refractivity contribution < 1.29 is 33.3 Å². The van der Waals surface area contributed by atoms with Crippen LogP contribution in [0.25, 0.3) is 16.8 Å². The normalized spacial score (nSPS) is 17.7. The Morgan fingerprint density at radius 3 is 1.93 bits per heavy atom. The van der Waals surface area contributed by atoms with E-state index in [0.717, 1.165) is 9.99 Å². The number of aromatic nitrogens is 2. The van der Waals surface area contributed by atoms with Crippen molar-refractivity contribution in [3.63, 3.8) is 0 Å². The van der Waals surface area contributed by atoms with Gasteiger partial charge in [0, 0.05) is 10.5 Å². The van der Waals surface area contributed by atoms with Crippen molar-refractivity contribution >= 4 is 50.6 Å². The van der Waals surface area contributed by atoms with Gasteiger partial charge in [-0.15, -0.1) is 0 Å². The number of benzene rings is 4. The summed E-state index contributed by atoms with van der Waals surface area (Å²) >= 11 is 3.46. The molecule has 10 heteroatoms. The molecule has 1 N–H and O–H groups in total. The number of esters is 3. The Balaban J connectivity index is 1.37. The van der Waals surface area contributed by atoms with E-state index in [4.69, 9.17) is 18.9 Å². The molecule has 1 aromatic heterocycles. The predicted molar refractivity (Wildman–Crippen MR) is 165 cm³/mol. The first-order chi connectivity index (χ1) is 21.4. The van der Waals surface area contributed by atoms with Gasteiger partial charge in [0.15, 0.2) is 29.9 Å². The maximum atomic E-state index is 13.3. The fraction of sp³-hybridized carbons (Fsp3) is 0.118. The third kappa shape index (κ3) is 6.55. The van der Waals surface area contributed by atoms with Crippen LogP contribution in [0.3, 0.4) is 0 Å². The van der Waals surface area contributed by atoms with Crippen LogP contribution >= 0.6 is 15.9 Å². The van der Waals surface area contributed by atoms with Gasteiger partial charge in [-0.05, 0) is 54.6 Å². The van der Waals surface area contributed by atoms with Crippen molar-refractivity contribution in [3.05, 3.63) is 142 Å². The van der Waals surface area contributed by atoms with Gasteiger partial charge in [-0.25, -0.2) is 19.4 Å². The molecule has 0 bridgehead atoms. The number of aromatic amines is 1. The molecule has 44 heavy (non-hydrogen) atoms. The number of hydrogen-bond acceptors (Lipinski definition) is 8. The highest BCUT2D eigenvalue weighted by Crippen LogP contribution is 2.31. The number of fused-ring (bicyclic) bond motifs is 1.